The molecule has 0 spiro atoms. The van der Waals surface area contributed by atoms with Crippen molar-refractivity contribution in [2.45, 2.75) is 24.8 Å². The Morgan fingerprint density at radius 2 is 1.96 bits per heavy atom. The topological polar surface area (TPSA) is 95.5 Å². The molecular weight excluding hydrogens is 350 g/mol. The van der Waals surface area contributed by atoms with Gasteiger partial charge < -0.3 is 10.6 Å². The second-order valence-corrected chi connectivity index (χ2v) is 7.58. The summed E-state index contributed by atoms with van der Waals surface area (Å²) in [6, 6.07) is 11.3. The lowest BCUT2D eigenvalue weighted by Gasteiger charge is -2.20. The summed E-state index contributed by atoms with van der Waals surface area (Å²) in [6.45, 7) is 4.76. The normalized spacial score (nSPS) is 13.3. The van der Waals surface area contributed by atoms with Gasteiger partial charge in [-0.05, 0) is 37.1 Å². The molecule has 140 valence electrons. The number of aryl methyl sites for hydroxylation is 1. The zero-order chi connectivity index (χ0) is 19.0. The van der Waals surface area contributed by atoms with Gasteiger partial charge in [-0.3, -0.25) is 9.98 Å². The minimum absolute atomic E-state index is 0.0782. The van der Waals surface area contributed by atoms with E-state index in [1.165, 1.54) is 29.6 Å². The second kappa shape index (κ2) is 9.30. The van der Waals surface area contributed by atoms with Crippen LogP contribution >= 0.6 is 0 Å². The standard InChI is InChI=1S/C18H25N5O2S/c1-14-7-4-5-9-17(14)15(2)23-18(19-3)21-11-12-22-26(24,25)16-8-6-10-20-13-16/h4-10,13,15,22H,11-12H2,1-3H3,(H2,19,21,23). The van der Waals surface area contributed by atoms with E-state index in [0.29, 0.717) is 12.5 Å². The zero-order valence-corrected chi connectivity index (χ0v) is 16.0. The van der Waals surface area contributed by atoms with Crippen LogP contribution in [0.5, 0.6) is 0 Å². The first-order chi connectivity index (χ1) is 12.4. The zero-order valence-electron chi connectivity index (χ0n) is 15.2. The van der Waals surface area contributed by atoms with E-state index in [-0.39, 0.29) is 17.5 Å². The number of hydrogen-bond acceptors (Lipinski definition) is 4. The maximum atomic E-state index is 12.1. The summed E-state index contributed by atoms with van der Waals surface area (Å²) in [5, 5.41) is 6.41. The first-order valence-electron chi connectivity index (χ1n) is 8.36. The molecule has 0 saturated heterocycles. The highest BCUT2D eigenvalue weighted by Crippen LogP contribution is 2.16. The number of hydrogen-bond donors (Lipinski definition) is 3. The average Bonchev–Trinajstić information content (AvgIpc) is 2.65. The van der Waals surface area contributed by atoms with Gasteiger partial charge in [0, 0.05) is 32.5 Å². The highest BCUT2D eigenvalue weighted by molar-refractivity contribution is 7.89. The molecule has 8 heteroatoms. The molecule has 1 atom stereocenters. The Morgan fingerprint density at radius 3 is 2.62 bits per heavy atom. The van der Waals surface area contributed by atoms with Crippen LogP contribution in [0.2, 0.25) is 0 Å². The number of pyridine rings is 1. The molecule has 1 unspecified atom stereocenters. The number of aliphatic imine (C=N–C) groups is 1. The minimum Gasteiger partial charge on any atom is -0.355 e. The average molecular weight is 375 g/mol. The molecule has 0 saturated carbocycles. The summed E-state index contributed by atoms with van der Waals surface area (Å²) in [5.74, 6) is 0.612. The Kier molecular flexibility index (Phi) is 7.11. The van der Waals surface area contributed by atoms with E-state index in [9.17, 15) is 8.42 Å². The lowest BCUT2D eigenvalue weighted by atomic mass is 10.0. The first-order valence-corrected chi connectivity index (χ1v) is 9.85. The van der Waals surface area contributed by atoms with E-state index >= 15 is 0 Å². The number of nitrogens with one attached hydrogen (secondary N) is 3. The minimum atomic E-state index is -3.55. The molecule has 1 aromatic carbocycles. The molecule has 1 aromatic heterocycles. The number of rotatable bonds is 7. The number of nitrogens with zero attached hydrogens (tertiary/aromatic N) is 2. The van der Waals surface area contributed by atoms with Crippen molar-refractivity contribution in [2.24, 2.45) is 4.99 Å². The molecule has 0 amide bonds. The number of benzene rings is 1. The Labute approximate surface area is 155 Å². The van der Waals surface area contributed by atoms with E-state index in [2.05, 4.69) is 51.3 Å². The van der Waals surface area contributed by atoms with Crippen LogP contribution in [0.1, 0.15) is 24.1 Å². The van der Waals surface area contributed by atoms with Crippen molar-refractivity contribution >= 4 is 16.0 Å². The van der Waals surface area contributed by atoms with Crippen LogP contribution in [-0.2, 0) is 10.0 Å². The predicted octanol–water partition coefficient (Wildman–Crippen LogP) is 1.59. The molecule has 3 N–H and O–H groups in total. The van der Waals surface area contributed by atoms with E-state index in [1.807, 2.05) is 12.1 Å². The summed E-state index contributed by atoms with van der Waals surface area (Å²) < 4.78 is 26.8. The lowest BCUT2D eigenvalue weighted by Crippen LogP contribution is -2.42. The van der Waals surface area contributed by atoms with Crippen molar-refractivity contribution < 1.29 is 8.42 Å². The van der Waals surface area contributed by atoms with Gasteiger partial charge in [0.1, 0.15) is 4.90 Å². The van der Waals surface area contributed by atoms with Gasteiger partial charge in [-0.25, -0.2) is 13.1 Å². The van der Waals surface area contributed by atoms with E-state index < -0.39 is 10.0 Å². The molecule has 0 radical (unpaired) electrons. The summed E-state index contributed by atoms with van der Waals surface area (Å²) in [4.78, 5) is 8.16. The maximum absolute atomic E-state index is 12.1. The third kappa shape index (κ3) is 5.53. The summed E-state index contributed by atoms with van der Waals surface area (Å²) >= 11 is 0. The Bertz CT molecular complexity index is 838. The van der Waals surface area contributed by atoms with Crippen LogP contribution in [-0.4, -0.2) is 39.5 Å². The molecule has 26 heavy (non-hydrogen) atoms. The second-order valence-electron chi connectivity index (χ2n) is 5.81. The van der Waals surface area contributed by atoms with Gasteiger partial charge in [-0.1, -0.05) is 24.3 Å². The monoisotopic (exact) mass is 375 g/mol. The van der Waals surface area contributed by atoms with E-state index in [0.717, 1.165) is 0 Å². The van der Waals surface area contributed by atoms with E-state index in [4.69, 9.17) is 0 Å². The molecule has 2 aromatic rings. The van der Waals surface area contributed by atoms with Crippen LogP contribution in [0.15, 0.2) is 58.7 Å². The highest BCUT2D eigenvalue weighted by atomic mass is 32.2. The Morgan fingerprint density at radius 1 is 1.19 bits per heavy atom. The predicted molar refractivity (Wildman–Crippen MR) is 104 cm³/mol. The molecule has 7 nitrogen and oxygen atoms in total. The highest BCUT2D eigenvalue weighted by Gasteiger charge is 2.13. The number of aromatic nitrogens is 1. The molecule has 0 fully saturated rings. The van der Waals surface area contributed by atoms with E-state index in [1.54, 1.807) is 13.1 Å². The van der Waals surface area contributed by atoms with Crippen molar-refractivity contribution in [1.29, 1.82) is 0 Å². The number of guanidine groups is 1. The molecule has 1 heterocycles. The fourth-order valence-electron chi connectivity index (χ4n) is 2.51. The maximum Gasteiger partial charge on any atom is 0.242 e. The molecule has 0 aliphatic rings. The van der Waals surface area contributed by atoms with Crippen LogP contribution in [0.25, 0.3) is 0 Å². The summed E-state index contributed by atoms with van der Waals surface area (Å²) in [5.41, 5.74) is 2.39. The van der Waals surface area contributed by atoms with Gasteiger partial charge in [0.2, 0.25) is 10.0 Å². The smallest absolute Gasteiger partial charge is 0.242 e. The number of sulfonamides is 1. The first kappa shape index (κ1) is 19.9. The van der Waals surface area contributed by atoms with Gasteiger partial charge >= 0.3 is 0 Å². The van der Waals surface area contributed by atoms with Gasteiger partial charge in [0.25, 0.3) is 0 Å². The van der Waals surface area contributed by atoms with Crippen molar-refractivity contribution in [3.8, 4) is 0 Å². The van der Waals surface area contributed by atoms with Gasteiger partial charge in [0.05, 0.1) is 6.04 Å². The van der Waals surface area contributed by atoms with Crippen molar-refractivity contribution in [3.63, 3.8) is 0 Å². The molecule has 0 bridgehead atoms. The van der Waals surface area contributed by atoms with Crippen LogP contribution in [0.4, 0.5) is 0 Å². The largest absolute Gasteiger partial charge is 0.355 e. The molecular formula is C18H25N5O2S. The molecule has 0 aliphatic carbocycles. The lowest BCUT2D eigenvalue weighted by molar-refractivity contribution is 0.579. The summed E-state index contributed by atoms with van der Waals surface area (Å²) in [6.07, 6.45) is 2.85. The summed E-state index contributed by atoms with van der Waals surface area (Å²) in [7, 11) is -1.87. The van der Waals surface area contributed by atoms with Crippen LogP contribution in [0.3, 0.4) is 0 Å². The quantitative estimate of drug-likeness (QED) is 0.388. The Balaban J connectivity index is 1.83. The van der Waals surface area contributed by atoms with Crippen LogP contribution < -0.4 is 15.4 Å². The molecule has 2 rings (SSSR count). The van der Waals surface area contributed by atoms with Gasteiger partial charge in [-0.15, -0.1) is 0 Å². The van der Waals surface area contributed by atoms with Crippen LogP contribution in [0, 0.1) is 6.92 Å². The van der Waals surface area contributed by atoms with Crippen molar-refractivity contribution in [1.82, 2.24) is 20.3 Å². The third-order valence-corrected chi connectivity index (χ3v) is 5.33. The molecule has 0 aliphatic heterocycles. The fourth-order valence-corrected chi connectivity index (χ4v) is 3.50. The van der Waals surface area contributed by atoms with Gasteiger partial charge in [-0.2, -0.15) is 0 Å². The van der Waals surface area contributed by atoms with Crippen molar-refractivity contribution in [3.05, 3.63) is 59.9 Å². The Hall–Kier alpha value is -2.45. The SMILES string of the molecule is CN=C(NCCNS(=O)(=O)c1cccnc1)NC(C)c1ccccc1C. The third-order valence-electron chi connectivity index (χ3n) is 3.89. The van der Waals surface area contributed by atoms with Crippen molar-refractivity contribution in [2.75, 3.05) is 20.1 Å². The van der Waals surface area contributed by atoms with Gasteiger partial charge in [0.15, 0.2) is 5.96 Å². The fraction of sp³-hybridized carbons (Fsp3) is 0.333.